The number of hydrogen-bond acceptors (Lipinski definition) is 3. The minimum atomic E-state index is -0.724. The van der Waals surface area contributed by atoms with Crippen molar-refractivity contribution in [2.75, 3.05) is 6.54 Å². The third kappa shape index (κ3) is 2.55. The summed E-state index contributed by atoms with van der Waals surface area (Å²) in [5.74, 6) is -0.237. The Hall–Kier alpha value is -2.53. The van der Waals surface area contributed by atoms with Crippen LogP contribution in [0.4, 0.5) is 0 Å². The van der Waals surface area contributed by atoms with Gasteiger partial charge in [0, 0.05) is 25.7 Å². The van der Waals surface area contributed by atoms with Crippen molar-refractivity contribution < 1.29 is 14.3 Å². The van der Waals surface area contributed by atoms with Crippen LogP contribution in [0.25, 0.3) is 11.1 Å². The summed E-state index contributed by atoms with van der Waals surface area (Å²) in [5.41, 5.74) is 2.82. The first-order chi connectivity index (χ1) is 10.2. The summed E-state index contributed by atoms with van der Waals surface area (Å²) in [5, 5.41) is 12.8. The van der Waals surface area contributed by atoms with E-state index >= 15 is 0 Å². The SMILES string of the molecule is Cn1c(C(=O)NC[C@@H](O)c2ccccc2)cc2occc21. The molecule has 5 nitrogen and oxygen atoms in total. The van der Waals surface area contributed by atoms with Gasteiger partial charge in [-0.25, -0.2) is 0 Å². The molecule has 0 fully saturated rings. The van der Waals surface area contributed by atoms with Crippen LogP contribution in [-0.4, -0.2) is 22.1 Å². The first-order valence-electron chi connectivity index (χ1n) is 6.71. The molecule has 2 heterocycles. The standard InChI is InChI=1S/C16H16N2O3/c1-18-12-7-8-21-15(12)9-13(18)16(20)17-10-14(19)11-5-3-2-4-6-11/h2-9,14,19H,10H2,1H3,(H,17,20)/t14-/m1/s1. The lowest BCUT2D eigenvalue weighted by Crippen LogP contribution is -2.29. The van der Waals surface area contributed by atoms with Crippen molar-refractivity contribution in [3.05, 3.63) is 60.0 Å². The summed E-state index contributed by atoms with van der Waals surface area (Å²) in [6.45, 7) is 0.162. The van der Waals surface area contributed by atoms with Gasteiger partial charge >= 0.3 is 0 Å². The number of amides is 1. The van der Waals surface area contributed by atoms with Gasteiger partial charge in [0.1, 0.15) is 5.69 Å². The van der Waals surface area contributed by atoms with E-state index in [1.807, 2.05) is 36.4 Å². The highest BCUT2D eigenvalue weighted by Gasteiger charge is 2.16. The number of carbonyl (C=O) groups excluding carboxylic acids is 1. The number of benzene rings is 1. The molecule has 0 aliphatic heterocycles. The number of rotatable bonds is 4. The van der Waals surface area contributed by atoms with E-state index < -0.39 is 6.10 Å². The van der Waals surface area contributed by atoms with E-state index in [4.69, 9.17) is 4.42 Å². The number of carbonyl (C=O) groups is 1. The molecule has 1 amide bonds. The normalized spacial score (nSPS) is 12.5. The number of nitrogens with zero attached hydrogens (tertiary/aromatic N) is 1. The van der Waals surface area contributed by atoms with Crippen molar-refractivity contribution >= 4 is 17.0 Å². The van der Waals surface area contributed by atoms with E-state index in [9.17, 15) is 9.90 Å². The fourth-order valence-electron chi connectivity index (χ4n) is 2.34. The zero-order valence-electron chi connectivity index (χ0n) is 11.6. The van der Waals surface area contributed by atoms with E-state index in [0.29, 0.717) is 11.3 Å². The second kappa shape index (κ2) is 5.46. The predicted molar refractivity (Wildman–Crippen MR) is 78.9 cm³/mol. The third-order valence-corrected chi connectivity index (χ3v) is 3.54. The lowest BCUT2D eigenvalue weighted by Gasteiger charge is -2.12. The van der Waals surface area contributed by atoms with Gasteiger partial charge in [0.05, 0.1) is 17.9 Å². The molecule has 2 aromatic heterocycles. The van der Waals surface area contributed by atoms with Crippen molar-refractivity contribution in [1.29, 1.82) is 0 Å². The van der Waals surface area contributed by atoms with Gasteiger partial charge in [-0.05, 0) is 5.56 Å². The van der Waals surface area contributed by atoms with Crippen molar-refractivity contribution in [2.24, 2.45) is 7.05 Å². The van der Waals surface area contributed by atoms with Crippen LogP contribution in [0.5, 0.6) is 0 Å². The average Bonchev–Trinajstić information content (AvgIpc) is 3.09. The van der Waals surface area contributed by atoms with Crippen LogP contribution in [0.2, 0.25) is 0 Å². The zero-order valence-corrected chi connectivity index (χ0v) is 11.6. The Labute approximate surface area is 121 Å². The number of fused-ring (bicyclic) bond motifs is 1. The maximum atomic E-state index is 12.2. The van der Waals surface area contributed by atoms with E-state index in [-0.39, 0.29) is 12.5 Å². The number of aliphatic hydroxyl groups excluding tert-OH is 1. The van der Waals surface area contributed by atoms with Gasteiger partial charge in [-0.15, -0.1) is 0 Å². The van der Waals surface area contributed by atoms with E-state index in [2.05, 4.69) is 5.32 Å². The number of hydrogen-bond donors (Lipinski definition) is 2. The maximum Gasteiger partial charge on any atom is 0.268 e. The Kier molecular flexibility index (Phi) is 3.50. The topological polar surface area (TPSA) is 67.4 Å². The molecule has 0 unspecified atom stereocenters. The summed E-state index contributed by atoms with van der Waals surface area (Å²) in [4.78, 5) is 12.2. The molecule has 0 aliphatic rings. The summed E-state index contributed by atoms with van der Waals surface area (Å²) >= 11 is 0. The predicted octanol–water partition coefficient (Wildman–Crippen LogP) is 2.23. The Bertz CT molecular complexity index is 758. The lowest BCUT2D eigenvalue weighted by molar-refractivity contribution is 0.0908. The molecule has 0 aliphatic carbocycles. The van der Waals surface area contributed by atoms with Crippen LogP contribution >= 0.6 is 0 Å². The smallest absolute Gasteiger partial charge is 0.268 e. The second-order valence-electron chi connectivity index (χ2n) is 4.90. The van der Waals surface area contributed by atoms with Gasteiger partial charge in [-0.1, -0.05) is 30.3 Å². The van der Waals surface area contributed by atoms with Crippen LogP contribution in [0.1, 0.15) is 22.2 Å². The molecule has 1 atom stereocenters. The molecular weight excluding hydrogens is 268 g/mol. The number of aromatic nitrogens is 1. The Balaban J connectivity index is 1.69. The Morgan fingerprint density at radius 1 is 1.33 bits per heavy atom. The summed E-state index contributed by atoms with van der Waals surface area (Å²) in [6.07, 6.45) is 0.865. The monoisotopic (exact) mass is 284 g/mol. The fraction of sp³-hybridized carbons (Fsp3) is 0.188. The maximum absolute atomic E-state index is 12.2. The van der Waals surface area contributed by atoms with Crippen molar-refractivity contribution in [3.63, 3.8) is 0 Å². The molecule has 0 spiro atoms. The first-order valence-corrected chi connectivity index (χ1v) is 6.71. The van der Waals surface area contributed by atoms with Gasteiger partial charge in [-0.2, -0.15) is 0 Å². The first kappa shape index (κ1) is 13.5. The summed E-state index contributed by atoms with van der Waals surface area (Å²) < 4.78 is 7.04. The van der Waals surface area contributed by atoms with Crippen molar-refractivity contribution in [2.45, 2.75) is 6.10 Å². The molecule has 0 saturated heterocycles. The molecule has 3 aromatic rings. The molecule has 0 radical (unpaired) electrons. The number of aryl methyl sites for hydroxylation is 1. The van der Waals surface area contributed by atoms with E-state index in [1.54, 1.807) is 23.9 Å². The fourth-order valence-corrected chi connectivity index (χ4v) is 2.34. The van der Waals surface area contributed by atoms with Crippen LogP contribution in [0, 0.1) is 0 Å². The quantitative estimate of drug-likeness (QED) is 0.772. The number of aliphatic hydroxyl groups is 1. The van der Waals surface area contributed by atoms with Crippen LogP contribution in [0.3, 0.4) is 0 Å². The molecule has 5 heteroatoms. The minimum Gasteiger partial charge on any atom is -0.463 e. The average molecular weight is 284 g/mol. The van der Waals surface area contributed by atoms with Gasteiger partial charge < -0.3 is 19.4 Å². The molecular formula is C16H16N2O3. The van der Waals surface area contributed by atoms with Crippen LogP contribution < -0.4 is 5.32 Å². The lowest BCUT2D eigenvalue weighted by atomic mass is 10.1. The highest BCUT2D eigenvalue weighted by Crippen LogP contribution is 2.19. The second-order valence-corrected chi connectivity index (χ2v) is 4.90. The van der Waals surface area contributed by atoms with Gasteiger partial charge in [0.15, 0.2) is 5.58 Å². The number of furan rings is 1. The van der Waals surface area contributed by atoms with Gasteiger partial charge in [0.2, 0.25) is 0 Å². The summed E-state index contributed by atoms with van der Waals surface area (Å²) in [6, 6.07) is 12.7. The largest absolute Gasteiger partial charge is 0.463 e. The number of nitrogens with one attached hydrogen (secondary N) is 1. The molecule has 0 bridgehead atoms. The van der Waals surface area contributed by atoms with E-state index in [1.165, 1.54) is 0 Å². The molecule has 3 rings (SSSR count). The van der Waals surface area contributed by atoms with Crippen LogP contribution in [0.15, 0.2) is 53.1 Å². The van der Waals surface area contributed by atoms with Crippen molar-refractivity contribution in [3.8, 4) is 0 Å². The molecule has 2 N–H and O–H groups in total. The molecule has 108 valence electrons. The molecule has 1 aromatic carbocycles. The third-order valence-electron chi connectivity index (χ3n) is 3.54. The minimum absolute atomic E-state index is 0.162. The highest BCUT2D eigenvalue weighted by molar-refractivity contribution is 5.97. The molecule has 21 heavy (non-hydrogen) atoms. The Morgan fingerprint density at radius 3 is 2.81 bits per heavy atom. The molecule has 0 saturated carbocycles. The van der Waals surface area contributed by atoms with Crippen molar-refractivity contribution in [1.82, 2.24) is 9.88 Å². The zero-order chi connectivity index (χ0) is 14.8. The highest BCUT2D eigenvalue weighted by atomic mass is 16.3. The van der Waals surface area contributed by atoms with E-state index in [0.717, 1.165) is 11.1 Å². The summed E-state index contributed by atoms with van der Waals surface area (Å²) in [7, 11) is 1.81. The Morgan fingerprint density at radius 2 is 2.10 bits per heavy atom. The van der Waals surface area contributed by atoms with Crippen LogP contribution in [-0.2, 0) is 7.05 Å². The van der Waals surface area contributed by atoms with Gasteiger partial charge in [-0.3, -0.25) is 4.79 Å². The van der Waals surface area contributed by atoms with Gasteiger partial charge in [0.25, 0.3) is 5.91 Å².